The van der Waals surface area contributed by atoms with Gasteiger partial charge in [-0.15, -0.1) is 10.2 Å². The first-order valence-corrected chi connectivity index (χ1v) is 7.76. The Bertz CT molecular complexity index is 659. The highest BCUT2D eigenvalue weighted by Gasteiger charge is 2.22. The van der Waals surface area contributed by atoms with Gasteiger partial charge < -0.3 is 15.2 Å². The van der Waals surface area contributed by atoms with E-state index < -0.39 is 5.97 Å². The van der Waals surface area contributed by atoms with Crippen molar-refractivity contribution in [3.63, 3.8) is 0 Å². The van der Waals surface area contributed by atoms with Crippen LogP contribution in [0.25, 0.3) is 0 Å². The highest BCUT2D eigenvalue weighted by molar-refractivity contribution is 5.85. The molecule has 0 spiro atoms. The van der Waals surface area contributed by atoms with Crippen LogP contribution >= 0.6 is 0 Å². The molecule has 1 aliphatic heterocycles. The number of morpholine rings is 1. The lowest BCUT2D eigenvalue weighted by Gasteiger charge is -2.34. The molecule has 0 amide bonds. The third kappa shape index (κ3) is 4.03. The second-order valence-electron chi connectivity index (χ2n) is 5.44. The van der Waals surface area contributed by atoms with Crippen molar-refractivity contribution in [2.45, 2.75) is 6.04 Å². The van der Waals surface area contributed by atoms with Crippen LogP contribution in [0.1, 0.15) is 22.1 Å². The molecule has 3 rings (SSSR count). The molecule has 8 nitrogen and oxygen atoms in total. The number of carbonyl (C=O) groups is 1. The molecule has 126 valence electrons. The van der Waals surface area contributed by atoms with Gasteiger partial charge in [-0.2, -0.15) is 0 Å². The highest BCUT2D eigenvalue weighted by atomic mass is 16.5. The van der Waals surface area contributed by atoms with Crippen LogP contribution < -0.4 is 5.32 Å². The molecule has 1 aliphatic rings. The van der Waals surface area contributed by atoms with Gasteiger partial charge in [-0.3, -0.25) is 9.88 Å². The van der Waals surface area contributed by atoms with Crippen molar-refractivity contribution >= 4 is 11.8 Å². The third-order valence-corrected chi connectivity index (χ3v) is 3.92. The van der Waals surface area contributed by atoms with Crippen LogP contribution in [0.2, 0.25) is 0 Å². The quantitative estimate of drug-likeness (QED) is 0.811. The van der Waals surface area contributed by atoms with Crippen molar-refractivity contribution in [2.24, 2.45) is 0 Å². The lowest BCUT2D eigenvalue weighted by molar-refractivity contribution is 0.0186. The van der Waals surface area contributed by atoms with Crippen molar-refractivity contribution in [2.75, 3.05) is 38.2 Å². The Morgan fingerprint density at radius 3 is 2.75 bits per heavy atom. The van der Waals surface area contributed by atoms with E-state index in [0.29, 0.717) is 25.6 Å². The van der Waals surface area contributed by atoms with Gasteiger partial charge in [0.05, 0.1) is 19.3 Å². The van der Waals surface area contributed by atoms with Crippen LogP contribution in [0, 0.1) is 0 Å². The van der Waals surface area contributed by atoms with E-state index in [2.05, 4.69) is 25.4 Å². The van der Waals surface area contributed by atoms with Gasteiger partial charge in [0.2, 0.25) is 0 Å². The number of carboxylic acids is 1. The fourth-order valence-corrected chi connectivity index (χ4v) is 2.66. The summed E-state index contributed by atoms with van der Waals surface area (Å²) in [4.78, 5) is 17.4. The first-order chi connectivity index (χ1) is 11.7. The van der Waals surface area contributed by atoms with Gasteiger partial charge in [0.1, 0.15) is 5.82 Å². The zero-order valence-corrected chi connectivity index (χ0v) is 13.1. The fraction of sp³-hybridized carbons (Fsp3) is 0.375. The molecular weight excluding hydrogens is 310 g/mol. The summed E-state index contributed by atoms with van der Waals surface area (Å²) in [6.45, 7) is 3.75. The number of nitrogens with one attached hydrogen (secondary N) is 1. The highest BCUT2D eigenvalue weighted by Crippen LogP contribution is 2.21. The molecule has 0 bridgehead atoms. The van der Waals surface area contributed by atoms with E-state index in [0.717, 1.165) is 18.7 Å². The lowest BCUT2D eigenvalue weighted by atomic mass is 10.1. The summed E-state index contributed by atoms with van der Waals surface area (Å²) >= 11 is 0. The normalized spacial score (nSPS) is 16.5. The summed E-state index contributed by atoms with van der Waals surface area (Å²) in [5, 5.41) is 19.7. The van der Waals surface area contributed by atoms with Gasteiger partial charge in [-0.25, -0.2) is 4.79 Å². The van der Waals surface area contributed by atoms with Crippen LogP contribution in [0.4, 0.5) is 5.82 Å². The zero-order chi connectivity index (χ0) is 16.8. The van der Waals surface area contributed by atoms with Gasteiger partial charge in [0, 0.05) is 32.0 Å². The molecule has 8 heteroatoms. The number of rotatable bonds is 6. The maximum absolute atomic E-state index is 10.8. The van der Waals surface area contributed by atoms with Gasteiger partial charge >= 0.3 is 5.97 Å². The van der Waals surface area contributed by atoms with Gasteiger partial charge in [-0.05, 0) is 23.8 Å². The number of anilines is 1. The first-order valence-electron chi connectivity index (χ1n) is 7.76. The Balaban J connectivity index is 1.70. The standard InChI is InChI=1S/C16H19N5O3/c22-16(23)13-3-4-15(20-19-13)18-11-14(12-2-1-5-17-10-12)21-6-8-24-9-7-21/h1-5,10,14H,6-9,11H2,(H,18,20)(H,22,23). The van der Waals surface area contributed by atoms with Crippen molar-refractivity contribution in [3.8, 4) is 0 Å². The van der Waals surface area contributed by atoms with Crippen LogP contribution in [0.15, 0.2) is 36.7 Å². The van der Waals surface area contributed by atoms with E-state index in [-0.39, 0.29) is 11.7 Å². The number of carboxylic acid groups (broad SMARTS) is 1. The van der Waals surface area contributed by atoms with Gasteiger partial charge in [0.25, 0.3) is 0 Å². The SMILES string of the molecule is O=C(O)c1ccc(NCC(c2cccnc2)N2CCOCC2)nn1. The molecule has 0 aliphatic carbocycles. The van der Waals surface area contributed by atoms with Crippen LogP contribution in [-0.2, 0) is 4.74 Å². The predicted molar refractivity (Wildman–Crippen MR) is 86.9 cm³/mol. The number of aromatic carboxylic acids is 1. The van der Waals surface area contributed by atoms with E-state index in [1.54, 1.807) is 12.3 Å². The van der Waals surface area contributed by atoms with E-state index in [4.69, 9.17) is 9.84 Å². The second-order valence-corrected chi connectivity index (χ2v) is 5.44. The molecule has 24 heavy (non-hydrogen) atoms. The number of hydrogen-bond acceptors (Lipinski definition) is 7. The summed E-state index contributed by atoms with van der Waals surface area (Å²) in [7, 11) is 0. The molecule has 2 aromatic heterocycles. The van der Waals surface area contributed by atoms with E-state index in [9.17, 15) is 4.79 Å². The summed E-state index contributed by atoms with van der Waals surface area (Å²) in [5.74, 6) is -0.544. The van der Waals surface area contributed by atoms with E-state index >= 15 is 0 Å². The molecular formula is C16H19N5O3. The van der Waals surface area contributed by atoms with Gasteiger partial charge in [-0.1, -0.05) is 6.07 Å². The molecule has 2 aromatic rings. The predicted octanol–water partition coefficient (Wildman–Crippen LogP) is 1.06. The third-order valence-electron chi connectivity index (χ3n) is 3.92. The summed E-state index contributed by atoms with van der Waals surface area (Å²) in [5.41, 5.74) is 1.04. The van der Waals surface area contributed by atoms with Crippen molar-refractivity contribution in [1.82, 2.24) is 20.1 Å². The Labute approximate surface area is 139 Å². The van der Waals surface area contributed by atoms with Crippen LogP contribution in [0.3, 0.4) is 0 Å². The number of ether oxygens (including phenoxy) is 1. The maximum atomic E-state index is 10.8. The van der Waals surface area contributed by atoms with Crippen molar-refractivity contribution in [3.05, 3.63) is 47.9 Å². The molecule has 1 unspecified atom stereocenters. The Hall–Kier alpha value is -2.58. The zero-order valence-electron chi connectivity index (χ0n) is 13.1. The first kappa shape index (κ1) is 16.3. The summed E-state index contributed by atoms with van der Waals surface area (Å²) < 4.78 is 5.43. The van der Waals surface area contributed by atoms with Crippen molar-refractivity contribution < 1.29 is 14.6 Å². The molecule has 0 radical (unpaired) electrons. The van der Waals surface area contributed by atoms with E-state index in [1.807, 2.05) is 18.3 Å². The smallest absolute Gasteiger partial charge is 0.356 e. The summed E-state index contributed by atoms with van der Waals surface area (Å²) in [6, 6.07) is 7.16. The number of pyridine rings is 1. The minimum absolute atomic E-state index is 0.0717. The van der Waals surface area contributed by atoms with Crippen molar-refractivity contribution in [1.29, 1.82) is 0 Å². The minimum atomic E-state index is -1.09. The molecule has 1 fully saturated rings. The average Bonchev–Trinajstić information content (AvgIpc) is 2.64. The summed E-state index contributed by atoms with van der Waals surface area (Å²) in [6.07, 6.45) is 3.62. The molecule has 0 aromatic carbocycles. The molecule has 1 saturated heterocycles. The molecule has 3 heterocycles. The van der Waals surface area contributed by atoms with Crippen LogP contribution in [0.5, 0.6) is 0 Å². The maximum Gasteiger partial charge on any atom is 0.356 e. The van der Waals surface area contributed by atoms with Gasteiger partial charge in [0.15, 0.2) is 5.69 Å². The number of aromatic nitrogens is 3. The van der Waals surface area contributed by atoms with Crippen LogP contribution in [-0.4, -0.2) is 64.0 Å². The Kier molecular flexibility index (Phi) is 5.29. The monoisotopic (exact) mass is 329 g/mol. The minimum Gasteiger partial charge on any atom is -0.476 e. The Morgan fingerprint density at radius 1 is 1.29 bits per heavy atom. The fourth-order valence-electron chi connectivity index (χ4n) is 2.66. The molecule has 0 saturated carbocycles. The van der Waals surface area contributed by atoms with E-state index in [1.165, 1.54) is 6.07 Å². The molecule has 2 N–H and O–H groups in total. The topological polar surface area (TPSA) is 100 Å². The number of nitrogens with zero attached hydrogens (tertiary/aromatic N) is 4. The number of hydrogen-bond donors (Lipinski definition) is 2. The second kappa shape index (κ2) is 7.80. The molecule has 1 atom stereocenters. The Morgan fingerprint density at radius 2 is 2.12 bits per heavy atom. The lowest BCUT2D eigenvalue weighted by Crippen LogP contribution is -2.41. The average molecular weight is 329 g/mol. The largest absolute Gasteiger partial charge is 0.476 e.